The van der Waals surface area contributed by atoms with E-state index in [0.717, 1.165) is 123 Å². The summed E-state index contributed by atoms with van der Waals surface area (Å²) in [7, 11) is 3.87. The minimum atomic E-state index is 0.0484. The van der Waals surface area contributed by atoms with Crippen molar-refractivity contribution in [3.63, 3.8) is 0 Å². The topological polar surface area (TPSA) is 292 Å². The molecule has 0 spiro atoms. The molecule has 1 aliphatic carbocycles. The number of amides is 1. The third-order valence-corrected chi connectivity index (χ3v) is 16.9. The molecule has 11 rings (SSSR count). The van der Waals surface area contributed by atoms with Gasteiger partial charge in [-0.15, -0.1) is 0 Å². The summed E-state index contributed by atoms with van der Waals surface area (Å²) in [6, 6.07) is 20.8. The van der Waals surface area contributed by atoms with Crippen LogP contribution in [0.1, 0.15) is 238 Å². The fourth-order valence-electron chi connectivity index (χ4n) is 9.43. The van der Waals surface area contributed by atoms with Crippen LogP contribution in [-0.4, -0.2) is 133 Å². The number of ether oxygens (including phenoxy) is 1. The lowest BCUT2D eigenvalue weighted by molar-refractivity contribution is -0.117. The van der Waals surface area contributed by atoms with Gasteiger partial charge in [-0.2, -0.15) is 0 Å². The fourth-order valence-corrected chi connectivity index (χ4v) is 9.43. The second kappa shape index (κ2) is 46.4. The van der Waals surface area contributed by atoms with Crippen molar-refractivity contribution in [3.8, 4) is 0 Å². The number of aliphatic hydroxyl groups excluding tert-OH is 2. The highest BCUT2D eigenvalue weighted by Crippen LogP contribution is 2.30. The van der Waals surface area contributed by atoms with Crippen LogP contribution in [0.4, 0.5) is 23.8 Å². The van der Waals surface area contributed by atoms with E-state index in [1.165, 1.54) is 27.8 Å². The Kier molecular flexibility index (Phi) is 38.0. The molecule has 103 heavy (non-hydrogen) atoms. The summed E-state index contributed by atoms with van der Waals surface area (Å²) >= 11 is 0. The van der Waals surface area contributed by atoms with Gasteiger partial charge in [0, 0.05) is 159 Å². The van der Waals surface area contributed by atoms with Gasteiger partial charge >= 0.3 is 0 Å². The number of nitrogens with zero attached hydrogens (tertiary/aromatic N) is 16. The molecule has 9 aromatic rings. The van der Waals surface area contributed by atoms with E-state index in [-0.39, 0.29) is 25.0 Å². The summed E-state index contributed by atoms with van der Waals surface area (Å²) in [5.41, 5.74) is 16.0. The number of anilines is 4. The molecule has 2 fully saturated rings. The number of nitrogen functional groups attached to an aromatic ring is 1. The van der Waals surface area contributed by atoms with Crippen molar-refractivity contribution in [2.45, 2.75) is 203 Å². The molecule has 1 amide bonds. The number of rotatable bonds is 23. The average Bonchev–Trinajstić information content (AvgIpc) is 1.86. The summed E-state index contributed by atoms with van der Waals surface area (Å²) in [4.78, 5) is 74.6. The van der Waals surface area contributed by atoms with Crippen molar-refractivity contribution in [1.82, 2.24) is 69.8 Å². The van der Waals surface area contributed by atoms with Gasteiger partial charge in [-0.05, 0) is 136 Å². The van der Waals surface area contributed by atoms with E-state index >= 15 is 0 Å². The number of hydrogen-bond donors (Lipinski definition) is 4. The van der Waals surface area contributed by atoms with Gasteiger partial charge in [0.15, 0.2) is 0 Å². The van der Waals surface area contributed by atoms with E-state index in [4.69, 9.17) is 20.7 Å². The first kappa shape index (κ1) is 84.4. The highest BCUT2D eigenvalue weighted by atomic mass is 16.5. The highest BCUT2D eigenvalue weighted by Gasteiger charge is 2.30. The fraction of sp³-hybridized carbons (Fsp3) is 0.494. The largest absolute Gasteiger partial charge is 0.396 e. The van der Waals surface area contributed by atoms with E-state index in [0.29, 0.717) is 71.7 Å². The molecule has 1 saturated heterocycles. The average molecular weight is 1410 g/mol. The molecule has 554 valence electrons. The van der Waals surface area contributed by atoms with Gasteiger partial charge in [0.2, 0.25) is 29.7 Å². The lowest BCUT2D eigenvalue weighted by Gasteiger charge is -2.21. The number of nitrogens with one attached hydrogen (secondary N) is 1. The molecule has 22 nitrogen and oxygen atoms in total. The zero-order valence-corrected chi connectivity index (χ0v) is 64.1. The SMILES string of the molecule is CC(C)c1cnc(CC2CCOCC2)nc1.CC(C)c1cnc(CCCO)nc1.CC(C)c1cnc(CCc2ccccc2)nc1.CC(C)c1cnc(N(C)CCO)nc1.CC(C)c1cnc(N(C)Cc2ccccc2)nc1.CC(C)c1cnc(N)nc1.CC(C)c1cnc(NC(=O)C2CC2)nc1. The van der Waals surface area contributed by atoms with Crippen LogP contribution in [0.15, 0.2) is 147 Å². The number of carbonyl (C=O) groups is 1. The Morgan fingerprint density at radius 2 is 0.786 bits per heavy atom. The van der Waals surface area contributed by atoms with E-state index < -0.39 is 0 Å². The summed E-state index contributed by atoms with van der Waals surface area (Å²) in [6.07, 6.45) is 34.8. The Morgan fingerprint density at radius 1 is 0.437 bits per heavy atom. The van der Waals surface area contributed by atoms with Gasteiger partial charge in [0.1, 0.15) is 17.5 Å². The number of carbonyl (C=O) groups excluding carboxylic acids is 1. The Labute approximate surface area is 613 Å². The van der Waals surface area contributed by atoms with Crippen LogP contribution in [-0.2, 0) is 41.8 Å². The zero-order chi connectivity index (χ0) is 75.1. The first-order chi connectivity index (χ1) is 49.4. The van der Waals surface area contributed by atoms with Crippen LogP contribution in [0.25, 0.3) is 0 Å². The van der Waals surface area contributed by atoms with Gasteiger partial charge in [-0.1, -0.05) is 158 Å². The second-order valence-corrected chi connectivity index (χ2v) is 28.1. The Balaban J connectivity index is 0.000000217. The third kappa shape index (κ3) is 33.2. The predicted octanol–water partition coefficient (Wildman–Crippen LogP) is 14.9. The molecule has 1 aliphatic heterocycles. The minimum absolute atomic E-state index is 0.0484. The summed E-state index contributed by atoms with van der Waals surface area (Å²) < 4.78 is 5.35. The minimum Gasteiger partial charge on any atom is -0.396 e. The Morgan fingerprint density at radius 3 is 1.17 bits per heavy atom. The van der Waals surface area contributed by atoms with E-state index in [2.05, 4.69) is 213 Å². The lowest BCUT2D eigenvalue weighted by atomic mass is 9.96. The summed E-state index contributed by atoms with van der Waals surface area (Å²) in [6.45, 7) is 33.2. The molecule has 22 heteroatoms. The van der Waals surface area contributed by atoms with Crippen molar-refractivity contribution in [3.05, 3.63) is 215 Å². The molecule has 1 saturated carbocycles. The smallest absolute Gasteiger partial charge is 0.229 e. The monoisotopic (exact) mass is 1400 g/mol. The zero-order valence-electron chi connectivity index (χ0n) is 64.1. The Bertz CT molecular complexity index is 3680. The number of aryl methyl sites for hydroxylation is 3. The number of aliphatic hydroxyl groups is 2. The molecule has 8 heterocycles. The van der Waals surface area contributed by atoms with Gasteiger partial charge in [-0.25, -0.2) is 69.8 Å². The molecule has 2 aliphatic rings. The van der Waals surface area contributed by atoms with Crippen molar-refractivity contribution in [2.24, 2.45) is 11.8 Å². The van der Waals surface area contributed by atoms with Gasteiger partial charge < -0.3 is 30.5 Å². The molecular weight excluding hydrogens is 1290 g/mol. The quantitative estimate of drug-likeness (QED) is 0.0463. The van der Waals surface area contributed by atoms with Crippen LogP contribution < -0.4 is 20.9 Å². The second-order valence-electron chi connectivity index (χ2n) is 28.1. The van der Waals surface area contributed by atoms with Crippen LogP contribution in [0.3, 0.4) is 0 Å². The molecule has 7 aromatic heterocycles. The van der Waals surface area contributed by atoms with E-state index in [9.17, 15) is 4.79 Å². The van der Waals surface area contributed by atoms with E-state index in [1.54, 1.807) is 24.8 Å². The van der Waals surface area contributed by atoms with Crippen LogP contribution in [0.5, 0.6) is 0 Å². The standard InChI is InChI=1S/C15H19N3.C15H18N2.C13H20N2O.C11H15N3O.C10H17N3O.C10H16N2O.C7H11N3/c1-12(2)14-9-16-15(17-10-14)18(3)11-13-7-5-4-6-8-13;1-12(2)14-10-16-15(17-11-14)9-8-13-6-4-3-5-7-13;1-10(2)12-8-14-13(15-9-12)7-11-3-5-16-6-4-11;1-7(2)9-5-12-11(13-6-9)14-10(15)8-3-4-8;1-8(2)9-6-11-10(12-7-9)13(3)4-5-14;1-8(2)9-6-11-10(12-7-9)4-3-5-13;1-5(2)6-3-9-7(8)10-4-6/h4-10,12H,11H2,1-3H3;3-7,10-12H,8-9H2,1-2H3;8-11H,3-7H2,1-2H3;5-8H,3-4H2,1-2H3,(H,12,13,14,15);6-8,14H,4-5H2,1-3H3;6-8,13H,3-5H2,1-2H3;3-5H,1-2H3,(H2,8,9,10). The first-order valence-corrected chi connectivity index (χ1v) is 36.5. The van der Waals surface area contributed by atoms with Crippen LogP contribution in [0, 0.1) is 11.8 Å². The number of hydrogen-bond acceptors (Lipinski definition) is 21. The summed E-state index contributed by atoms with van der Waals surface area (Å²) in [5.74, 6) is 9.15. The molecule has 0 unspecified atom stereocenters. The van der Waals surface area contributed by atoms with Crippen molar-refractivity contribution in [2.75, 3.05) is 67.9 Å². The third-order valence-electron chi connectivity index (χ3n) is 16.9. The molecular formula is C81H116N18O4. The summed E-state index contributed by atoms with van der Waals surface area (Å²) in [5, 5.41) is 20.1. The normalized spacial score (nSPS) is 12.5. The lowest BCUT2D eigenvalue weighted by Crippen LogP contribution is -2.23. The predicted molar refractivity (Wildman–Crippen MR) is 414 cm³/mol. The number of aromatic nitrogens is 14. The number of nitrogens with two attached hydrogens (primary N) is 1. The van der Waals surface area contributed by atoms with Crippen molar-refractivity contribution in [1.29, 1.82) is 0 Å². The number of benzene rings is 2. The maximum absolute atomic E-state index is 11.4. The maximum atomic E-state index is 11.4. The van der Waals surface area contributed by atoms with Crippen molar-refractivity contribution < 1.29 is 19.7 Å². The van der Waals surface area contributed by atoms with Gasteiger partial charge in [-0.3, -0.25) is 10.1 Å². The van der Waals surface area contributed by atoms with E-state index in [1.807, 2.05) is 105 Å². The van der Waals surface area contributed by atoms with Gasteiger partial charge in [0.25, 0.3) is 0 Å². The maximum Gasteiger partial charge on any atom is 0.229 e. The highest BCUT2D eigenvalue weighted by molar-refractivity contribution is 5.92. The molecule has 0 radical (unpaired) electrons. The van der Waals surface area contributed by atoms with Crippen LogP contribution >= 0.6 is 0 Å². The van der Waals surface area contributed by atoms with Crippen LogP contribution in [0.2, 0.25) is 0 Å². The van der Waals surface area contributed by atoms with Crippen molar-refractivity contribution >= 4 is 29.7 Å². The Hall–Kier alpha value is -9.25. The van der Waals surface area contributed by atoms with Gasteiger partial charge in [0.05, 0.1) is 6.61 Å². The molecule has 0 atom stereocenters. The number of likely N-dealkylation sites (N-methyl/N-ethyl adjacent to an activating group) is 1. The molecule has 2 aromatic carbocycles. The first-order valence-electron chi connectivity index (χ1n) is 36.5. The molecule has 0 bridgehead atoms. The molecule has 5 N–H and O–H groups in total.